The number of nitriles is 1. The molecule has 0 aliphatic heterocycles. The number of rotatable bonds is 2. The SMILES string of the molecule is Cc1cccc(Nc2ccc(C#N)c(Br)c2F)c1C. The number of hydrogen-bond acceptors (Lipinski definition) is 2. The monoisotopic (exact) mass is 318 g/mol. The van der Waals surface area contributed by atoms with Crippen LogP contribution in [0.5, 0.6) is 0 Å². The quantitative estimate of drug-likeness (QED) is 0.861. The third kappa shape index (κ3) is 2.61. The number of anilines is 2. The van der Waals surface area contributed by atoms with Gasteiger partial charge in [-0.05, 0) is 59.1 Å². The van der Waals surface area contributed by atoms with Crippen molar-refractivity contribution in [1.29, 1.82) is 5.26 Å². The minimum Gasteiger partial charge on any atom is -0.353 e. The summed E-state index contributed by atoms with van der Waals surface area (Å²) in [6, 6.07) is 10.9. The van der Waals surface area contributed by atoms with Gasteiger partial charge in [0.25, 0.3) is 0 Å². The molecule has 2 nitrogen and oxygen atoms in total. The number of nitrogens with one attached hydrogen (secondary N) is 1. The van der Waals surface area contributed by atoms with Crippen LogP contribution in [0.25, 0.3) is 0 Å². The summed E-state index contributed by atoms with van der Waals surface area (Å²) in [5.74, 6) is -0.458. The van der Waals surface area contributed by atoms with Crippen LogP contribution in [0.1, 0.15) is 16.7 Å². The van der Waals surface area contributed by atoms with Crippen LogP contribution in [0.2, 0.25) is 0 Å². The smallest absolute Gasteiger partial charge is 0.162 e. The predicted molar refractivity (Wildman–Crippen MR) is 78.0 cm³/mol. The van der Waals surface area contributed by atoms with E-state index in [2.05, 4.69) is 21.2 Å². The van der Waals surface area contributed by atoms with Gasteiger partial charge in [-0.2, -0.15) is 5.26 Å². The third-order valence-electron chi connectivity index (χ3n) is 3.08. The molecule has 0 amide bonds. The number of halogens is 2. The fourth-order valence-corrected chi connectivity index (χ4v) is 2.20. The third-order valence-corrected chi connectivity index (χ3v) is 3.85. The minimum absolute atomic E-state index is 0.185. The maximum absolute atomic E-state index is 14.1. The van der Waals surface area contributed by atoms with Gasteiger partial charge in [0.15, 0.2) is 5.82 Å². The average molecular weight is 319 g/mol. The Bertz CT molecular complexity index is 675. The fraction of sp³-hybridized carbons (Fsp3) is 0.133. The molecular weight excluding hydrogens is 307 g/mol. The highest BCUT2D eigenvalue weighted by Gasteiger charge is 2.12. The van der Waals surface area contributed by atoms with Crippen molar-refractivity contribution in [3.05, 3.63) is 57.3 Å². The van der Waals surface area contributed by atoms with Gasteiger partial charge in [0.2, 0.25) is 0 Å². The topological polar surface area (TPSA) is 35.8 Å². The first-order valence-electron chi connectivity index (χ1n) is 5.76. The summed E-state index contributed by atoms with van der Waals surface area (Å²) in [7, 11) is 0. The molecule has 2 aromatic rings. The molecule has 0 aliphatic carbocycles. The second kappa shape index (κ2) is 5.41. The van der Waals surface area contributed by atoms with E-state index >= 15 is 0 Å². The molecule has 0 aliphatic rings. The second-order valence-corrected chi connectivity index (χ2v) is 5.07. The molecule has 0 atom stereocenters. The lowest BCUT2D eigenvalue weighted by Gasteiger charge is -2.13. The molecule has 0 bridgehead atoms. The van der Waals surface area contributed by atoms with E-state index in [0.29, 0.717) is 5.69 Å². The Morgan fingerprint density at radius 2 is 1.89 bits per heavy atom. The summed E-state index contributed by atoms with van der Waals surface area (Å²) in [6.45, 7) is 3.99. The Hall–Kier alpha value is -1.86. The lowest BCUT2D eigenvalue weighted by Crippen LogP contribution is -1.98. The van der Waals surface area contributed by atoms with Crippen molar-refractivity contribution < 1.29 is 4.39 Å². The number of hydrogen-bond donors (Lipinski definition) is 1. The zero-order chi connectivity index (χ0) is 14.0. The molecule has 1 N–H and O–H groups in total. The predicted octanol–water partition coefficient (Wildman–Crippen LogP) is 4.82. The molecule has 0 fully saturated rings. The van der Waals surface area contributed by atoms with E-state index in [9.17, 15) is 4.39 Å². The van der Waals surface area contributed by atoms with Gasteiger partial charge in [-0.15, -0.1) is 0 Å². The highest BCUT2D eigenvalue weighted by Crippen LogP contribution is 2.30. The molecule has 0 aromatic heterocycles. The van der Waals surface area contributed by atoms with Crippen LogP contribution >= 0.6 is 15.9 Å². The zero-order valence-electron chi connectivity index (χ0n) is 10.6. The van der Waals surface area contributed by atoms with Gasteiger partial charge in [0.05, 0.1) is 15.7 Å². The van der Waals surface area contributed by atoms with E-state index in [0.717, 1.165) is 16.8 Å². The van der Waals surface area contributed by atoms with Crippen LogP contribution in [0.15, 0.2) is 34.8 Å². The van der Waals surface area contributed by atoms with Gasteiger partial charge in [-0.3, -0.25) is 0 Å². The van der Waals surface area contributed by atoms with Crippen molar-refractivity contribution in [2.45, 2.75) is 13.8 Å². The molecule has 0 unspecified atom stereocenters. The van der Waals surface area contributed by atoms with Crippen molar-refractivity contribution >= 4 is 27.3 Å². The van der Waals surface area contributed by atoms with Gasteiger partial charge in [-0.1, -0.05) is 12.1 Å². The molecule has 0 radical (unpaired) electrons. The lowest BCUT2D eigenvalue weighted by molar-refractivity contribution is 0.624. The molecular formula is C15H12BrFN2. The summed E-state index contributed by atoms with van der Waals surface area (Å²) in [4.78, 5) is 0. The van der Waals surface area contributed by atoms with Crippen molar-refractivity contribution in [2.24, 2.45) is 0 Å². The first-order chi connectivity index (χ1) is 9.04. The molecule has 0 saturated heterocycles. The highest BCUT2D eigenvalue weighted by molar-refractivity contribution is 9.10. The van der Waals surface area contributed by atoms with Crippen LogP contribution in [-0.4, -0.2) is 0 Å². The minimum atomic E-state index is -0.458. The zero-order valence-corrected chi connectivity index (χ0v) is 12.2. The lowest BCUT2D eigenvalue weighted by atomic mass is 10.1. The van der Waals surface area contributed by atoms with E-state index in [1.807, 2.05) is 38.1 Å². The summed E-state index contributed by atoms with van der Waals surface area (Å²) in [5.41, 5.74) is 3.69. The Balaban J connectivity index is 2.43. The number of aryl methyl sites for hydroxylation is 1. The Morgan fingerprint density at radius 1 is 1.16 bits per heavy atom. The summed E-state index contributed by atoms with van der Waals surface area (Å²) < 4.78 is 14.3. The first-order valence-corrected chi connectivity index (χ1v) is 6.55. The fourth-order valence-electron chi connectivity index (χ4n) is 1.76. The molecule has 0 spiro atoms. The van der Waals surface area contributed by atoms with Gasteiger partial charge < -0.3 is 5.32 Å². The van der Waals surface area contributed by atoms with Gasteiger partial charge in [0, 0.05) is 5.69 Å². The summed E-state index contributed by atoms with van der Waals surface area (Å²) in [5, 5.41) is 11.9. The largest absolute Gasteiger partial charge is 0.353 e. The molecule has 96 valence electrons. The van der Waals surface area contributed by atoms with Crippen molar-refractivity contribution in [1.82, 2.24) is 0 Å². The van der Waals surface area contributed by atoms with E-state index in [-0.39, 0.29) is 10.0 Å². The van der Waals surface area contributed by atoms with E-state index < -0.39 is 5.82 Å². The van der Waals surface area contributed by atoms with Gasteiger partial charge >= 0.3 is 0 Å². The van der Waals surface area contributed by atoms with Crippen LogP contribution in [-0.2, 0) is 0 Å². The van der Waals surface area contributed by atoms with Crippen LogP contribution in [0.3, 0.4) is 0 Å². The van der Waals surface area contributed by atoms with Crippen molar-refractivity contribution in [3.8, 4) is 6.07 Å². The van der Waals surface area contributed by atoms with Crippen LogP contribution in [0, 0.1) is 31.0 Å². The molecule has 0 heterocycles. The molecule has 4 heteroatoms. The maximum Gasteiger partial charge on any atom is 0.162 e. The Labute approximate surface area is 120 Å². The van der Waals surface area contributed by atoms with Gasteiger partial charge in [-0.25, -0.2) is 4.39 Å². The van der Waals surface area contributed by atoms with Crippen LogP contribution < -0.4 is 5.32 Å². The summed E-state index contributed by atoms with van der Waals surface area (Å²) in [6.07, 6.45) is 0. The van der Waals surface area contributed by atoms with E-state index in [4.69, 9.17) is 5.26 Å². The average Bonchev–Trinajstić information content (AvgIpc) is 2.40. The first kappa shape index (κ1) is 13.6. The van der Waals surface area contributed by atoms with Crippen LogP contribution in [0.4, 0.5) is 15.8 Å². The number of benzene rings is 2. The molecule has 2 aromatic carbocycles. The highest BCUT2D eigenvalue weighted by atomic mass is 79.9. The van der Waals surface area contributed by atoms with E-state index in [1.54, 1.807) is 12.1 Å². The van der Waals surface area contributed by atoms with Crippen molar-refractivity contribution in [3.63, 3.8) is 0 Å². The molecule has 2 rings (SSSR count). The molecule has 19 heavy (non-hydrogen) atoms. The molecule has 0 saturated carbocycles. The standard InChI is InChI=1S/C15H12BrFN2/c1-9-4-3-5-12(10(9)2)19-13-7-6-11(8-18)14(16)15(13)17/h3-7,19H,1-2H3. The Kier molecular flexibility index (Phi) is 3.87. The number of nitrogens with zero attached hydrogens (tertiary/aromatic N) is 1. The Morgan fingerprint density at radius 3 is 2.58 bits per heavy atom. The normalized spacial score (nSPS) is 10.1. The summed E-state index contributed by atoms with van der Waals surface area (Å²) >= 11 is 3.10. The second-order valence-electron chi connectivity index (χ2n) is 4.27. The maximum atomic E-state index is 14.1. The van der Waals surface area contributed by atoms with Crippen molar-refractivity contribution in [2.75, 3.05) is 5.32 Å². The van der Waals surface area contributed by atoms with Gasteiger partial charge in [0.1, 0.15) is 6.07 Å². The van der Waals surface area contributed by atoms with E-state index in [1.165, 1.54) is 0 Å².